The van der Waals surface area contributed by atoms with Crippen molar-refractivity contribution in [2.24, 2.45) is 0 Å². The fraction of sp³-hybridized carbons (Fsp3) is 0. The van der Waals surface area contributed by atoms with Crippen molar-refractivity contribution in [3.63, 3.8) is 0 Å². The van der Waals surface area contributed by atoms with E-state index in [1.54, 1.807) is 18.2 Å². The second-order valence-corrected chi connectivity index (χ2v) is 5.73. The van der Waals surface area contributed by atoms with Crippen molar-refractivity contribution in [1.29, 1.82) is 0 Å². The molecular formula is C16H8ClN3O5. The van der Waals surface area contributed by atoms with Crippen molar-refractivity contribution in [2.45, 2.75) is 0 Å². The Morgan fingerprint density at radius 2 is 1.92 bits per heavy atom. The number of fused-ring (bicyclic) bond motifs is 1. The molecule has 0 bridgehead atoms. The molecule has 0 fully saturated rings. The topological polar surface area (TPSA) is 111 Å². The quantitative estimate of drug-likeness (QED) is 0.437. The summed E-state index contributed by atoms with van der Waals surface area (Å²) < 4.78 is 6.37. The fourth-order valence-corrected chi connectivity index (χ4v) is 2.80. The number of rotatable bonds is 2. The molecule has 0 radical (unpaired) electrons. The summed E-state index contributed by atoms with van der Waals surface area (Å²) in [5, 5.41) is 11.3. The minimum Gasteiger partial charge on any atom is -0.447 e. The van der Waals surface area contributed by atoms with Crippen molar-refractivity contribution in [1.82, 2.24) is 9.55 Å². The number of aromatic amines is 1. The molecule has 124 valence electrons. The first-order valence-electron chi connectivity index (χ1n) is 7.07. The molecule has 0 unspecified atom stereocenters. The monoisotopic (exact) mass is 357 g/mol. The predicted octanol–water partition coefficient (Wildman–Crippen LogP) is 2.56. The van der Waals surface area contributed by atoms with Gasteiger partial charge in [-0.25, -0.2) is 4.57 Å². The van der Waals surface area contributed by atoms with Crippen LogP contribution in [-0.4, -0.2) is 14.5 Å². The molecule has 0 spiro atoms. The van der Waals surface area contributed by atoms with Gasteiger partial charge in [0.2, 0.25) is 5.42 Å². The number of halogens is 1. The van der Waals surface area contributed by atoms with Crippen LogP contribution in [0, 0.1) is 20.9 Å². The van der Waals surface area contributed by atoms with E-state index < -0.39 is 16.0 Å². The van der Waals surface area contributed by atoms with E-state index in [0.29, 0.717) is 16.1 Å². The number of non-ortho nitro benzene ring substituents is 1. The van der Waals surface area contributed by atoms with Gasteiger partial charge in [-0.1, -0.05) is 17.7 Å². The van der Waals surface area contributed by atoms with Crippen molar-refractivity contribution < 1.29 is 9.34 Å². The Kier molecular flexibility index (Phi) is 3.22. The van der Waals surface area contributed by atoms with Gasteiger partial charge in [0.25, 0.3) is 11.2 Å². The number of nitro groups is 1. The zero-order valence-corrected chi connectivity index (χ0v) is 13.1. The highest BCUT2D eigenvalue weighted by atomic mass is 35.5. The molecule has 0 aliphatic carbocycles. The summed E-state index contributed by atoms with van der Waals surface area (Å²) in [4.78, 5) is 38.4. The standard InChI is InChI=1S/C16H8ClN3O5/c17-8-4-5-12-11(6-8)18-13-14(25-12)16(22)19(15(13)21)9-2-1-3-10(7-9)20(23)24/h1-7,18H. The van der Waals surface area contributed by atoms with Crippen molar-refractivity contribution in [3.05, 3.63) is 89.1 Å². The van der Waals surface area contributed by atoms with Crippen molar-refractivity contribution >= 4 is 28.4 Å². The summed E-state index contributed by atoms with van der Waals surface area (Å²) in [6, 6.07) is 9.98. The Hall–Kier alpha value is -3.39. The van der Waals surface area contributed by atoms with Crippen LogP contribution in [0.3, 0.4) is 0 Å². The third kappa shape index (κ3) is 2.31. The molecule has 0 aromatic heterocycles. The summed E-state index contributed by atoms with van der Waals surface area (Å²) in [6.07, 6.45) is 0. The second kappa shape index (κ2) is 5.32. The maximum Gasteiger partial charge on any atom is 0.303 e. The van der Waals surface area contributed by atoms with Gasteiger partial charge in [-0.05, 0) is 24.3 Å². The van der Waals surface area contributed by atoms with Gasteiger partial charge in [0.15, 0.2) is 10.9 Å². The van der Waals surface area contributed by atoms with Gasteiger partial charge in [-0.15, -0.1) is 0 Å². The van der Waals surface area contributed by atoms with E-state index >= 15 is 0 Å². The Labute approximate surface area is 142 Å². The molecule has 8 nitrogen and oxygen atoms in total. The van der Waals surface area contributed by atoms with E-state index in [4.69, 9.17) is 16.0 Å². The molecule has 0 amide bonds. The van der Waals surface area contributed by atoms with E-state index in [2.05, 4.69) is 4.98 Å². The zero-order valence-electron chi connectivity index (χ0n) is 12.4. The maximum absolute atomic E-state index is 12.6. The third-order valence-corrected chi connectivity index (χ3v) is 3.99. The highest BCUT2D eigenvalue weighted by molar-refractivity contribution is 6.31. The second-order valence-electron chi connectivity index (χ2n) is 5.29. The molecule has 0 saturated heterocycles. The van der Waals surface area contributed by atoms with Crippen LogP contribution in [-0.2, 0) is 0 Å². The van der Waals surface area contributed by atoms with Gasteiger partial charge in [-0.3, -0.25) is 19.7 Å². The summed E-state index contributed by atoms with van der Waals surface area (Å²) in [7, 11) is 0. The molecule has 2 aliphatic heterocycles. The Balaban J connectivity index is 2.09. The number of nitro benzene ring substituents is 1. The van der Waals surface area contributed by atoms with Crippen LogP contribution in [0.1, 0.15) is 0 Å². The van der Waals surface area contributed by atoms with Crippen molar-refractivity contribution in [2.75, 3.05) is 0 Å². The number of nitrogens with one attached hydrogen (secondary N) is 1. The molecule has 4 rings (SSSR count). The number of hydrogen-bond donors (Lipinski definition) is 1. The predicted molar refractivity (Wildman–Crippen MR) is 89.4 cm³/mol. The zero-order chi connectivity index (χ0) is 17.7. The Bertz CT molecular complexity index is 1330. The third-order valence-electron chi connectivity index (χ3n) is 3.75. The SMILES string of the molecule is O=c1c2[nH]c3cc(Cl)ccc3oc=2c(=O)n1-c1cccc([N+](=O)[O-])c1. The minimum atomic E-state index is -0.700. The first-order valence-corrected chi connectivity index (χ1v) is 7.45. The van der Waals surface area contributed by atoms with E-state index in [0.717, 1.165) is 10.6 Å². The molecule has 0 atom stereocenters. The maximum atomic E-state index is 12.6. The van der Waals surface area contributed by atoms with Gasteiger partial charge in [0.1, 0.15) is 0 Å². The average Bonchev–Trinajstić information content (AvgIpc) is 2.83. The molecule has 9 heteroatoms. The normalized spacial score (nSPS) is 11.2. The lowest BCUT2D eigenvalue weighted by Gasteiger charge is -1.99. The van der Waals surface area contributed by atoms with Crippen molar-refractivity contribution in [3.8, 4) is 5.69 Å². The van der Waals surface area contributed by atoms with Gasteiger partial charge in [0, 0.05) is 17.2 Å². The summed E-state index contributed by atoms with van der Waals surface area (Å²) >= 11 is 5.92. The highest BCUT2D eigenvalue weighted by Gasteiger charge is 2.17. The first kappa shape index (κ1) is 15.2. The minimum absolute atomic E-state index is 0.0359. The van der Waals surface area contributed by atoms with Gasteiger partial charge in [-0.2, -0.15) is 0 Å². The number of H-pyrrole nitrogens is 1. The number of benzene rings is 2. The van der Waals surface area contributed by atoms with Gasteiger partial charge < -0.3 is 9.40 Å². The lowest BCUT2D eigenvalue weighted by Crippen LogP contribution is -2.24. The fourth-order valence-electron chi connectivity index (χ4n) is 2.63. The molecule has 2 heterocycles. The molecule has 0 saturated carbocycles. The number of nitrogens with zero attached hydrogens (tertiary/aromatic N) is 2. The molecule has 25 heavy (non-hydrogen) atoms. The van der Waals surface area contributed by atoms with Crippen LogP contribution in [0.15, 0.2) is 56.5 Å². The Morgan fingerprint density at radius 1 is 1.12 bits per heavy atom. The van der Waals surface area contributed by atoms with Crippen LogP contribution in [0.5, 0.6) is 0 Å². The van der Waals surface area contributed by atoms with E-state index in [1.807, 2.05) is 0 Å². The van der Waals surface area contributed by atoms with Crippen LogP contribution in [0.4, 0.5) is 5.69 Å². The average molecular weight is 358 g/mol. The van der Waals surface area contributed by atoms with Crippen LogP contribution in [0.2, 0.25) is 5.02 Å². The van der Waals surface area contributed by atoms with Gasteiger partial charge in [0.05, 0.1) is 16.1 Å². The van der Waals surface area contributed by atoms with E-state index in [9.17, 15) is 19.7 Å². The van der Waals surface area contributed by atoms with Crippen LogP contribution >= 0.6 is 11.6 Å². The van der Waals surface area contributed by atoms with E-state index in [1.165, 1.54) is 18.2 Å². The largest absolute Gasteiger partial charge is 0.447 e. The van der Waals surface area contributed by atoms with Gasteiger partial charge >= 0.3 is 5.56 Å². The highest BCUT2D eigenvalue weighted by Crippen LogP contribution is 2.18. The summed E-state index contributed by atoms with van der Waals surface area (Å²) in [5.41, 5.74) is -0.859. The summed E-state index contributed by atoms with van der Waals surface area (Å²) in [6.45, 7) is 0. The molecule has 2 aliphatic rings. The van der Waals surface area contributed by atoms with Crippen LogP contribution in [0.25, 0.3) is 16.8 Å². The molecular weight excluding hydrogens is 350 g/mol. The number of hydrogen-bond acceptors (Lipinski definition) is 5. The van der Waals surface area contributed by atoms with E-state index in [-0.39, 0.29) is 22.1 Å². The summed E-state index contributed by atoms with van der Waals surface area (Å²) in [5.74, 6) is 0. The number of aromatic nitrogens is 2. The lowest BCUT2D eigenvalue weighted by atomic mass is 10.3. The first-order chi connectivity index (χ1) is 12.0. The molecule has 2 aromatic carbocycles. The molecule has 2 aromatic rings. The van der Waals surface area contributed by atoms with Crippen LogP contribution < -0.4 is 11.1 Å². The Morgan fingerprint density at radius 3 is 2.68 bits per heavy atom. The molecule has 1 N–H and O–H groups in total. The lowest BCUT2D eigenvalue weighted by molar-refractivity contribution is -0.384. The smallest absolute Gasteiger partial charge is 0.303 e.